The van der Waals surface area contributed by atoms with Gasteiger partial charge in [0.05, 0.1) is 0 Å². The van der Waals surface area contributed by atoms with Gasteiger partial charge in [0.25, 0.3) is 0 Å². The normalized spacial score (nSPS) is 15.6. The topological polar surface area (TPSA) is 55.8 Å². The van der Waals surface area contributed by atoms with Crippen LogP contribution in [0.25, 0.3) is 0 Å². The molecule has 3 aromatic rings. The quantitative estimate of drug-likeness (QED) is 0.537. The number of aryl methyl sites for hydroxylation is 1. The van der Waals surface area contributed by atoms with E-state index in [9.17, 15) is 14.0 Å². The lowest BCUT2D eigenvalue weighted by Crippen LogP contribution is -2.34. The van der Waals surface area contributed by atoms with Crippen LogP contribution >= 0.6 is 0 Å². The number of carbonyl (C=O) groups excluding carboxylic acids is 2. The lowest BCUT2D eigenvalue weighted by molar-refractivity contribution is -0.129. The molecule has 2 amide bonds. The average molecular weight is 419 g/mol. The Balaban J connectivity index is 1.37. The number of hydrogen-bond donors (Lipinski definition) is 0. The van der Waals surface area contributed by atoms with Gasteiger partial charge in [-0.2, -0.15) is 0 Å². The van der Waals surface area contributed by atoms with Crippen molar-refractivity contribution in [2.24, 2.45) is 0 Å². The van der Waals surface area contributed by atoms with Gasteiger partial charge in [0.15, 0.2) is 0 Å². The fraction of sp³-hybridized carbons (Fsp3) is 0.200. The van der Waals surface area contributed by atoms with Crippen molar-refractivity contribution in [3.05, 3.63) is 101 Å². The van der Waals surface area contributed by atoms with Gasteiger partial charge in [0.1, 0.15) is 30.8 Å². The summed E-state index contributed by atoms with van der Waals surface area (Å²) in [5.74, 6) is -0.411. The average Bonchev–Trinajstić information content (AvgIpc) is 3.19. The van der Waals surface area contributed by atoms with Gasteiger partial charge in [-0.05, 0) is 29.2 Å². The molecule has 1 saturated heterocycles. The van der Waals surface area contributed by atoms with Gasteiger partial charge >= 0.3 is 6.09 Å². The van der Waals surface area contributed by atoms with Crippen molar-refractivity contribution in [3.63, 3.8) is 0 Å². The number of halogens is 1. The zero-order valence-corrected chi connectivity index (χ0v) is 16.9. The third kappa shape index (κ3) is 4.91. The summed E-state index contributed by atoms with van der Waals surface area (Å²) in [4.78, 5) is 26.0. The maximum atomic E-state index is 14.5. The van der Waals surface area contributed by atoms with E-state index in [0.717, 1.165) is 16.0 Å². The number of imide groups is 1. The highest BCUT2D eigenvalue weighted by atomic mass is 19.1. The molecule has 1 aliphatic rings. The van der Waals surface area contributed by atoms with Gasteiger partial charge in [-0.3, -0.25) is 4.79 Å². The van der Waals surface area contributed by atoms with Gasteiger partial charge in [-0.15, -0.1) is 0 Å². The van der Waals surface area contributed by atoms with Gasteiger partial charge in [0, 0.05) is 12.5 Å². The standard InChI is InChI=1S/C25H22FNO4/c26-22-15-21(30-16-18-7-3-1-4-8-18)13-11-19(22)12-14-24(28)27-23(17-31-25(27)29)20-9-5-2-6-10-20/h1-11,13,15,23H,12,14,16-17H2. The summed E-state index contributed by atoms with van der Waals surface area (Å²) in [7, 11) is 0. The molecule has 6 heteroatoms. The Labute approximate surface area is 180 Å². The molecule has 1 aliphatic heterocycles. The largest absolute Gasteiger partial charge is 0.489 e. The smallest absolute Gasteiger partial charge is 0.417 e. The second-order valence-corrected chi connectivity index (χ2v) is 7.29. The summed E-state index contributed by atoms with van der Waals surface area (Å²) in [5.41, 5.74) is 2.21. The third-order valence-corrected chi connectivity index (χ3v) is 5.21. The van der Waals surface area contributed by atoms with Crippen molar-refractivity contribution in [1.82, 2.24) is 4.90 Å². The first-order valence-corrected chi connectivity index (χ1v) is 10.1. The molecule has 0 N–H and O–H groups in total. The molecular formula is C25H22FNO4. The molecule has 0 aliphatic carbocycles. The Hall–Kier alpha value is -3.67. The van der Waals surface area contributed by atoms with Crippen LogP contribution in [0.2, 0.25) is 0 Å². The Kier molecular flexibility index (Phi) is 6.26. The highest BCUT2D eigenvalue weighted by Gasteiger charge is 2.38. The number of cyclic esters (lactones) is 1. The first kappa shape index (κ1) is 20.6. The fourth-order valence-corrected chi connectivity index (χ4v) is 3.54. The molecule has 5 nitrogen and oxygen atoms in total. The molecule has 158 valence electrons. The van der Waals surface area contributed by atoms with Crippen molar-refractivity contribution < 1.29 is 23.5 Å². The molecule has 0 radical (unpaired) electrons. The Morgan fingerprint density at radius 3 is 2.45 bits per heavy atom. The maximum Gasteiger partial charge on any atom is 0.417 e. The summed E-state index contributed by atoms with van der Waals surface area (Å²) >= 11 is 0. The molecule has 0 spiro atoms. The minimum absolute atomic E-state index is 0.000424. The number of rotatable bonds is 7. The highest BCUT2D eigenvalue weighted by molar-refractivity contribution is 5.93. The van der Waals surface area contributed by atoms with Gasteiger partial charge < -0.3 is 9.47 Å². The zero-order valence-electron chi connectivity index (χ0n) is 16.9. The summed E-state index contributed by atoms with van der Waals surface area (Å²) in [6.07, 6.45) is -0.488. The number of ether oxygens (including phenoxy) is 2. The number of nitrogens with zero attached hydrogens (tertiary/aromatic N) is 1. The van der Waals surface area contributed by atoms with Crippen molar-refractivity contribution in [1.29, 1.82) is 0 Å². The van der Waals surface area contributed by atoms with E-state index < -0.39 is 18.0 Å². The SMILES string of the molecule is O=C(CCc1ccc(OCc2ccccc2)cc1F)N1C(=O)OCC1c1ccccc1. The first-order valence-electron chi connectivity index (χ1n) is 10.1. The highest BCUT2D eigenvalue weighted by Crippen LogP contribution is 2.29. The van der Waals surface area contributed by atoms with Crippen molar-refractivity contribution in [3.8, 4) is 5.75 Å². The second-order valence-electron chi connectivity index (χ2n) is 7.29. The Bertz CT molecular complexity index is 1060. The minimum atomic E-state index is -0.663. The van der Waals surface area contributed by atoms with E-state index in [1.54, 1.807) is 12.1 Å². The maximum absolute atomic E-state index is 14.5. The molecule has 1 atom stereocenters. The molecule has 3 aromatic carbocycles. The van der Waals surface area contributed by atoms with Crippen LogP contribution in [0.5, 0.6) is 5.75 Å². The van der Waals surface area contributed by atoms with E-state index in [1.165, 1.54) is 6.07 Å². The van der Waals surface area contributed by atoms with Crippen LogP contribution in [0.3, 0.4) is 0 Å². The number of hydrogen-bond acceptors (Lipinski definition) is 4. The summed E-state index contributed by atoms with van der Waals surface area (Å²) < 4.78 is 25.2. The Morgan fingerprint density at radius 2 is 1.74 bits per heavy atom. The van der Waals surface area contributed by atoms with Gasteiger partial charge in [-0.1, -0.05) is 66.7 Å². The predicted molar refractivity (Wildman–Crippen MR) is 113 cm³/mol. The summed E-state index contributed by atoms with van der Waals surface area (Å²) in [6.45, 7) is 0.465. The third-order valence-electron chi connectivity index (χ3n) is 5.21. The molecule has 1 fully saturated rings. The van der Waals surface area contributed by atoms with E-state index in [2.05, 4.69) is 0 Å². The number of carbonyl (C=O) groups is 2. The predicted octanol–water partition coefficient (Wildman–Crippen LogP) is 5.06. The van der Waals surface area contributed by atoms with Gasteiger partial charge in [-0.25, -0.2) is 14.1 Å². The number of amides is 2. The van der Waals surface area contributed by atoms with E-state index in [0.29, 0.717) is 17.9 Å². The molecule has 0 saturated carbocycles. The van der Waals surface area contributed by atoms with E-state index in [4.69, 9.17) is 9.47 Å². The van der Waals surface area contributed by atoms with Crippen LogP contribution in [-0.2, 0) is 22.6 Å². The first-order chi connectivity index (χ1) is 15.1. The monoisotopic (exact) mass is 419 g/mol. The van der Waals surface area contributed by atoms with Crippen molar-refractivity contribution in [2.75, 3.05) is 6.61 Å². The van der Waals surface area contributed by atoms with Crippen LogP contribution in [0, 0.1) is 5.82 Å². The molecule has 1 unspecified atom stereocenters. The molecule has 0 bridgehead atoms. The summed E-state index contributed by atoms with van der Waals surface area (Å²) in [5, 5.41) is 0. The lowest BCUT2D eigenvalue weighted by Gasteiger charge is -2.20. The van der Waals surface area contributed by atoms with Crippen LogP contribution < -0.4 is 4.74 Å². The van der Waals surface area contributed by atoms with E-state index in [-0.39, 0.29) is 25.4 Å². The molecule has 4 rings (SSSR count). The lowest BCUT2D eigenvalue weighted by atomic mass is 10.1. The van der Waals surface area contributed by atoms with Crippen LogP contribution in [0.4, 0.5) is 9.18 Å². The molecule has 31 heavy (non-hydrogen) atoms. The second kappa shape index (κ2) is 9.43. The number of benzene rings is 3. The fourth-order valence-electron chi connectivity index (χ4n) is 3.54. The van der Waals surface area contributed by atoms with Gasteiger partial charge in [0.2, 0.25) is 5.91 Å². The molecule has 1 heterocycles. The Morgan fingerprint density at radius 1 is 1.03 bits per heavy atom. The molecular weight excluding hydrogens is 397 g/mol. The van der Waals surface area contributed by atoms with E-state index in [1.807, 2.05) is 60.7 Å². The molecule has 0 aromatic heterocycles. The zero-order chi connectivity index (χ0) is 21.6. The van der Waals surface area contributed by atoms with Crippen LogP contribution in [0.1, 0.15) is 29.2 Å². The van der Waals surface area contributed by atoms with E-state index >= 15 is 0 Å². The van der Waals surface area contributed by atoms with Crippen molar-refractivity contribution >= 4 is 12.0 Å². The summed E-state index contributed by atoms with van der Waals surface area (Å²) in [6, 6.07) is 23.0. The van der Waals surface area contributed by atoms with Crippen LogP contribution in [0.15, 0.2) is 78.9 Å². The van der Waals surface area contributed by atoms with Crippen LogP contribution in [-0.4, -0.2) is 23.5 Å². The van der Waals surface area contributed by atoms with Crippen molar-refractivity contribution in [2.45, 2.75) is 25.5 Å². The minimum Gasteiger partial charge on any atom is -0.489 e.